The van der Waals surface area contributed by atoms with Gasteiger partial charge in [0, 0.05) is 11.3 Å². The molecule has 1 saturated heterocycles. The molecule has 0 aromatic carbocycles. The average Bonchev–Trinajstić information content (AvgIpc) is 3.26. The number of hydrogen-bond donors (Lipinski definition) is 3. The van der Waals surface area contributed by atoms with Crippen molar-refractivity contribution in [3.05, 3.63) is 33.6 Å². The van der Waals surface area contributed by atoms with Gasteiger partial charge in [0.25, 0.3) is 5.56 Å². The Kier molecular flexibility index (Phi) is 2.72. The van der Waals surface area contributed by atoms with Crippen LogP contribution in [0.3, 0.4) is 0 Å². The second-order valence-corrected chi connectivity index (χ2v) is 6.30. The molecule has 2 aliphatic rings. The molecule has 118 valence electrons. The highest BCUT2D eigenvalue weighted by molar-refractivity contribution is 5.85. The van der Waals surface area contributed by atoms with Gasteiger partial charge in [-0.05, 0) is 38.6 Å². The van der Waals surface area contributed by atoms with E-state index in [-0.39, 0.29) is 11.6 Å². The van der Waals surface area contributed by atoms with E-state index < -0.39 is 0 Å². The molecule has 0 amide bonds. The second-order valence-electron chi connectivity index (χ2n) is 6.30. The van der Waals surface area contributed by atoms with Gasteiger partial charge < -0.3 is 14.7 Å². The Labute approximate surface area is 131 Å². The number of nitrogens with one attached hydrogen (secondary N) is 3. The van der Waals surface area contributed by atoms with Crippen LogP contribution >= 0.6 is 0 Å². The zero-order valence-corrected chi connectivity index (χ0v) is 12.6. The largest absolute Gasteiger partial charge is 0.448 e. The smallest absolute Gasteiger partial charge is 0.294 e. The molecule has 1 fully saturated rings. The molecule has 3 N–H and O–H groups in total. The first-order chi connectivity index (χ1) is 11.3. The van der Waals surface area contributed by atoms with Gasteiger partial charge in [-0.15, -0.1) is 0 Å². The Hall–Kier alpha value is -2.41. The molecular formula is C16H17N5O2. The molecule has 7 heteroatoms. The summed E-state index contributed by atoms with van der Waals surface area (Å²) in [5.41, 5.74) is 3.89. The topological polar surface area (TPSA) is 99.6 Å². The predicted molar refractivity (Wildman–Crippen MR) is 84.2 cm³/mol. The van der Waals surface area contributed by atoms with Crippen molar-refractivity contribution < 1.29 is 4.42 Å². The van der Waals surface area contributed by atoms with Crippen LogP contribution in [0.25, 0.3) is 22.4 Å². The van der Waals surface area contributed by atoms with E-state index in [2.05, 4.69) is 20.5 Å². The van der Waals surface area contributed by atoms with Crippen molar-refractivity contribution >= 4 is 11.1 Å². The maximum atomic E-state index is 12.5. The molecule has 7 nitrogen and oxygen atoms in total. The van der Waals surface area contributed by atoms with Crippen LogP contribution in [-0.2, 0) is 12.8 Å². The molecule has 3 aromatic rings. The van der Waals surface area contributed by atoms with Crippen molar-refractivity contribution in [2.75, 3.05) is 6.54 Å². The van der Waals surface area contributed by atoms with Crippen LogP contribution in [0.2, 0.25) is 0 Å². The Morgan fingerprint density at radius 2 is 2.22 bits per heavy atom. The zero-order chi connectivity index (χ0) is 15.4. The number of H-pyrrole nitrogens is 2. The second kappa shape index (κ2) is 4.79. The Bertz CT molecular complexity index is 945. The van der Waals surface area contributed by atoms with E-state index in [4.69, 9.17) is 9.40 Å². The lowest BCUT2D eigenvalue weighted by molar-refractivity contribution is 0.595. The molecule has 1 atom stereocenters. The summed E-state index contributed by atoms with van der Waals surface area (Å²) in [7, 11) is 0. The highest BCUT2D eigenvalue weighted by Gasteiger charge is 2.27. The third-order valence-electron chi connectivity index (χ3n) is 4.87. The Morgan fingerprint density at radius 1 is 1.26 bits per heavy atom. The first-order valence-corrected chi connectivity index (χ1v) is 8.13. The van der Waals surface area contributed by atoms with Crippen molar-refractivity contribution in [2.45, 2.75) is 38.1 Å². The van der Waals surface area contributed by atoms with E-state index >= 15 is 0 Å². The van der Waals surface area contributed by atoms with E-state index in [1.54, 1.807) is 6.20 Å². The molecule has 4 heterocycles. The van der Waals surface area contributed by atoms with Gasteiger partial charge in [-0.2, -0.15) is 5.10 Å². The fourth-order valence-corrected chi connectivity index (χ4v) is 3.72. The van der Waals surface area contributed by atoms with Gasteiger partial charge in [-0.3, -0.25) is 9.89 Å². The van der Waals surface area contributed by atoms with Crippen molar-refractivity contribution in [2.24, 2.45) is 0 Å². The minimum atomic E-state index is -0.197. The predicted octanol–water partition coefficient (Wildman–Crippen LogP) is 1.82. The van der Waals surface area contributed by atoms with Gasteiger partial charge in [0.2, 0.25) is 5.58 Å². The lowest BCUT2D eigenvalue weighted by Gasteiger charge is -2.08. The lowest BCUT2D eigenvalue weighted by atomic mass is 10.1. The van der Waals surface area contributed by atoms with Crippen molar-refractivity contribution in [3.8, 4) is 11.3 Å². The number of hydrogen-bond acceptors (Lipinski definition) is 5. The maximum absolute atomic E-state index is 12.5. The number of nitrogens with zero attached hydrogens (tertiary/aromatic N) is 2. The van der Waals surface area contributed by atoms with E-state index in [1.807, 2.05) is 0 Å². The number of aromatic nitrogens is 4. The third-order valence-corrected chi connectivity index (χ3v) is 4.87. The van der Waals surface area contributed by atoms with Gasteiger partial charge in [0.1, 0.15) is 17.1 Å². The number of furan rings is 1. The van der Waals surface area contributed by atoms with Crippen molar-refractivity contribution in [1.29, 1.82) is 0 Å². The summed E-state index contributed by atoms with van der Waals surface area (Å²) in [6, 6.07) is 0.132. The molecule has 0 saturated carbocycles. The Morgan fingerprint density at radius 3 is 3.09 bits per heavy atom. The van der Waals surface area contributed by atoms with Crippen LogP contribution in [-0.4, -0.2) is 26.7 Å². The van der Waals surface area contributed by atoms with E-state index in [0.29, 0.717) is 11.1 Å². The summed E-state index contributed by atoms with van der Waals surface area (Å²) in [4.78, 5) is 20.1. The lowest BCUT2D eigenvalue weighted by Crippen LogP contribution is -2.20. The molecule has 3 aromatic heterocycles. The van der Waals surface area contributed by atoms with Crippen LogP contribution in [0.1, 0.15) is 42.4 Å². The van der Waals surface area contributed by atoms with Crippen LogP contribution < -0.4 is 10.9 Å². The first kappa shape index (κ1) is 13.1. The van der Waals surface area contributed by atoms with E-state index in [9.17, 15) is 4.79 Å². The standard InChI is InChI=1S/C16H17N5O2/c22-16-14-12(19-15(20-16)11-5-2-6-17-11)8-3-1-4-10-9(7-18-21-10)13(8)23-14/h7,11,17H,1-6H2,(H,18,21)(H,19,20,22). The van der Waals surface area contributed by atoms with E-state index in [1.165, 1.54) is 0 Å². The summed E-state index contributed by atoms with van der Waals surface area (Å²) in [6.07, 6.45) is 6.66. The van der Waals surface area contributed by atoms with Crippen LogP contribution in [0, 0.1) is 0 Å². The first-order valence-electron chi connectivity index (χ1n) is 8.13. The fraction of sp³-hybridized carbons (Fsp3) is 0.438. The molecule has 1 aliphatic carbocycles. The molecule has 1 unspecified atom stereocenters. The molecular weight excluding hydrogens is 294 g/mol. The van der Waals surface area contributed by atoms with Gasteiger partial charge in [-0.1, -0.05) is 0 Å². The van der Waals surface area contributed by atoms with Crippen molar-refractivity contribution in [3.63, 3.8) is 0 Å². The van der Waals surface area contributed by atoms with Crippen molar-refractivity contribution in [1.82, 2.24) is 25.5 Å². The minimum Gasteiger partial charge on any atom is -0.448 e. The number of fused-ring (bicyclic) bond motifs is 5. The highest BCUT2D eigenvalue weighted by Crippen LogP contribution is 2.36. The normalized spacial score (nSPS) is 20.4. The summed E-state index contributed by atoms with van der Waals surface area (Å²) in [6.45, 7) is 0.967. The highest BCUT2D eigenvalue weighted by atomic mass is 16.3. The SMILES string of the molecule is O=c1[nH]c(C2CCCN2)nc2c3c(oc12)-c1cn[nH]c1CCC3. The van der Waals surface area contributed by atoms with E-state index in [0.717, 1.165) is 67.1 Å². The zero-order valence-electron chi connectivity index (χ0n) is 12.6. The Balaban J connectivity index is 1.76. The minimum absolute atomic E-state index is 0.132. The number of aryl methyl sites for hydroxylation is 2. The average molecular weight is 311 g/mol. The van der Waals surface area contributed by atoms with Crippen LogP contribution in [0.4, 0.5) is 0 Å². The van der Waals surface area contributed by atoms with Crippen LogP contribution in [0.15, 0.2) is 15.4 Å². The van der Waals surface area contributed by atoms with Gasteiger partial charge in [0.15, 0.2) is 0 Å². The summed E-state index contributed by atoms with van der Waals surface area (Å²) in [5.74, 6) is 1.47. The maximum Gasteiger partial charge on any atom is 0.294 e. The van der Waals surface area contributed by atoms with Crippen LogP contribution in [0.5, 0.6) is 0 Å². The molecule has 0 bridgehead atoms. The monoisotopic (exact) mass is 311 g/mol. The molecule has 0 spiro atoms. The molecule has 0 radical (unpaired) electrons. The number of aromatic amines is 2. The van der Waals surface area contributed by atoms with Gasteiger partial charge in [-0.25, -0.2) is 4.98 Å². The summed E-state index contributed by atoms with van der Waals surface area (Å²) >= 11 is 0. The number of rotatable bonds is 1. The van der Waals surface area contributed by atoms with Gasteiger partial charge in [0.05, 0.1) is 17.8 Å². The molecule has 1 aliphatic heterocycles. The molecule has 5 rings (SSSR count). The summed E-state index contributed by atoms with van der Waals surface area (Å²) in [5, 5.41) is 10.5. The fourth-order valence-electron chi connectivity index (χ4n) is 3.72. The quantitative estimate of drug-likeness (QED) is 0.636. The summed E-state index contributed by atoms with van der Waals surface area (Å²) < 4.78 is 5.92. The molecule has 23 heavy (non-hydrogen) atoms. The third kappa shape index (κ3) is 1.89. The van der Waals surface area contributed by atoms with Gasteiger partial charge >= 0.3 is 0 Å².